The van der Waals surface area contributed by atoms with Crippen LogP contribution in [0.4, 0.5) is 0 Å². The van der Waals surface area contributed by atoms with Gasteiger partial charge in [-0.2, -0.15) is 0 Å². The van der Waals surface area contributed by atoms with Crippen LogP contribution in [0.3, 0.4) is 0 Å². The molecule has 0 radical (unpaired) electrons. The minimum atomic E-state index is 0. The van der Waals surface area contributed by atoms with E-state index in [4.69, 9.17) is 21.1 Å². The Morgan fingerprint density at radius 3 is 2.53 bits per heavy atom. The molecule has 0 unspecified atom stereocenters. The van der Waals surface area contributed by atoms with Crippen LogP contribution in [0.25, 0.3) is 11.0 Å². The maximum atomic E-state index is 6.15. The van der Waals surface area contributed by atoms with Gasteiger partial charge in [-0.25, -0.2) is 9.97 Å². The van der Waals surface area contributed by atoms with E-state index < -0.39 is 0 Å². The smallest absolute Gasteiger partial charge is 0.217 e. The fourth-order valence-corrected chi connectivity index (χ4v) is 4.01. The molecule has 5 rings (SSSR count). The second kappa shape index (κ2) is 11.5. The van der Waals surface area contributed by atoms with Crippen LogP contribution in [-0.2, 0) is 4.74 Å². The third kappa shape index (κ3) is 6.08. The minimum Gasteiger partial charge on any atom is -0.474 e. The number of nitrogens with zero attached hydrogens (tertiary/aromatic N) is 2. The fourth-order valence-electron chi connectivity index (χ4n) is 3.81. The van der Waals surface area contributed by atoms with Crippen molar-refractivity contribution in [3.63, 3.8) is 0 Å². The van der Waals surface area contributed by atoms with Gasteiger partial charge < -0.3 is 19.8 Å². The van der Waals surface area contributed by atoms with Crippen molar-refractivity contribution in [2.45, 2.75) is 37.7 Å². The van der Waals surface area contributed by atoms with Crippen molar-refractivity contribution >= 4 is 35.0 Å². The summed E-state index contributed by atoms with van der Waals surface area (Å²) in [6, 6.07) is 11.9. The molecular weight excluding hydrogens is 423 g/mol. The number of rotatable bonds is 3. The molecule has 4 heterocycles. The average molecular weight is 451 g/mol. The molecule has 6 nitrogen and oxygen atoms in total. The standard InChI is InChI=1S/C15H22N2O2.C7H5ClN2.ClH/c1-2-14(12-5-10-18-11-6-12)15(17-7-1)19-13-3-8-16-9-4-13;8-7-9-5-3-1-2-4-6(5)10-7;/h1-2,7,12-13,16H,3-6,8-11H2;1-4H,(H,9,10);1H. The van der Waals surface area contributed by atoms with Crippen molar-refractivity contribution in [1.82, 2.24) is 20.3 Å². The Bertz CT molecular complexity index is 876. The number of ether oxygens (including phenoxy) is 2. The molecule has 0 saturated carbocycles. The maximum absolute atomic E-state index is 6.15. The summed E-state index contributed by atoms with van der Waals surface area (Å²) in [7, 11) is 0. The van der Waals surface area contributed by atoms with Crippen LogP contribution in [0, 0.1) is 0 Å². The first-order valence-corrected chi connectivity index (χ1v) is 10.7. The van der Waals surface area contributed by atoms with Gasteiger partial charge in [0.05, 0.1) is 11.0 Å². The molecule has 0 aliphatic carbocycles. The quantitative estimate of drug-likeness (QED) is 0.602. The molecule has 3 aromatic rings. The Morgan fingerprint density at radius 2 is 1.77 bits per heavy atom. The van der Waals surface area contributed by atoms with Crippen LogP contribution in [0.15, 0.2) is 42.6 Å². The van der Waals surface area contributed by atoms with Crippen LogP contribution >= 0.6 is 24.0 Å². The van der Waals surface area contributed by atoms with Crippen molar-refractivity contribution < 1.29 is 9.47 Å². The summed E-state index contributed by atoms with van der Waals surface area (Å²) in [4.78, 5) is 11.4. The van der Waals surface area contributed by atoms with Crippen LogP contribution < -0.4 is 10.1 Å². The molecule has 30 heavy (non-hydrogen) atoms. The van der Waals surface area contributed by atoms with Gasteiger partial charge in [-0.15, -0.1) is 12.4 Å². The lowest BCUT2D eigenvalue weighted by atomic mass is 9.92. The highest BCUT2D eigenvalue weighted by Gasteiger charge is 2.22. The molecule has 2 saturated heterocycles. The van der Waals surface area contributed by atoms with Crippen LogP contribution in [0.5, 0.6) is 5.88 Å². The molecule has 1 aromatic carbocycles. The van der Waals surface area contributed by atoms with Crippen LogP contribution in [0.2, 0.25) is 5.28 Å². The zero-order valence-electron chi connectivity index (χ0n) is 16.9. The number of hydrogen-bond acceptors (Lipinski definition) is 5. The molecule has 0 atom stereocenters. The number of benzene rings is 1. The minimum absolute atomic E-state index is 0. The van der Waals surface area contributed by atoms with Crippen molar-refractivity contribution in [1.29, 1.82) is 0 Å². The molecule has 2 aliphatic heterocycles. The van der Waals surface area contributed by atoms with E-state index >= 15 is 0 Å². The second-order valence-corrected chi connectivity index (χ2v) is 7.75. The van der Waals surface area contributed by atoms with Gasteiger partial charge in [0.2, 0.25) is 11.2 Å². The number of H-pyrrole nitrogens is 1. The van der Waals surface area contributed by atoms with E-state index in [0.29, 0.717) is 17.3 Å². The summed E-state index contributed by atoms with van der Waals surface area (Å²) in [6.07, 6.45) is 6.45. The molecule has 162 valence electrons. The van der Waals surface area contributed by atoms with Crippen molar-refractivity contribution in [2.75, 3.05) is 26.3 Å². The topological polar surface area (TPSA) is 72.1 Å². The number of aromatic amines is 1. The summed E-state index contributed by atoms with van der Waals surface area (Å²) >= 11 is 5.62. The van der Waals surface area contributed by atoms with E-state index in [9.17, 15) is 0 Å². The Balaban J connectivity index is 0.000000197. The van der Waals surface area contributed by atoms with E-state index in [-0.39, 0.29) is 12.4 Å². The first-order chi connectivity index (χ1) is 14.3. The summed E-state index contributed by atoms with van der Waals surface area (Å²) in [5.74, 6) is 1.39. The maximum Gasteiger partial charge on any atom is 0.217 e. The Morgan fingerprint density at radius 1 is 1.00 bits per heavy atom. The van der Waals surface area contributed by atoms with E-state index in [1.807, 2.05) is 36.5 Å². The van der Waals surface area contributed by atoms with E-state index in [1.165, 1.54) is 5.56 Å². The second-order valence-electron chi connectivity index (χ2n) is 7.40. The molecule has 2 N–H and O–H groups in total. The molecule has 2 aromatic heterocycles. The first-order valence-electron chi connectivity index (χ1n) is 10.3. The predicted molar refractivity (Wildman–Crippen MR) is 122 cm³/mol. The third-order valence-corrected chi connectivity index (χ3v) is 5.57. The first kappa shape index (κ1) is 22.8. The molecular formula is C22H28Cl2N4O2. The summed E-state index contributed by atoms with van der Waals surface area (Å²) in [5, 5.41) is 3.81. The van der Waals surface area contributed by atoms with E-state index in [2.05, 4.69) is 26.3 Å². The van der Waals surface area contributed by atoms with Crippen LogP contribution in [0.1, 0.15) is 37.2 Å². The molecule has 2 fully saturated rings. The van der Waals surface area contributed by atoms with Gasteiger partial charge in [0.1, 0.15) is 6.10 Å². The third-order valence-electron chi connectivity index (χ3n) is 5.39. The lowest BCUT2D eigenvalue weighted by Crippen LogP contribution is -2.34. The molecule has 0 amide bonds. The van der Waals surface area contributed by atoms with Crippen LogP contribution in [-0.4, -0.2) is 47.4 Å². The van der Waals surface area contributed by atoms with Crippen molar-refractivity contribution in [2.24, 2.45) is 0 Å². The van der Waals surface area contributed by atoms with Crippen molar-refractivity contribution in [3.05, 3.63) is 53.4 Å². The number of piperidine rings is 1. The van der Waals surface area contributed by atoms with Gasteiger partial charge in [-0.05, 0) is 74.5 Å². The SMILES string of the molecule is Cl.Clc1nc2ccccc2[nH]1.c1cnc(OC2CCNCC2)c(C2CCOCC2)c1. The Labute approximate surface area is 188 Å². The molecule has 8 heteroatoms. The number of nitrogens with one attached hydrogen (secondary N) is 2. The number of halogens is 2. The van der Waals surface area contributed by atoms with Gasteiger partial charge in [-0.3, -0.25) is 0 Å². The number of para-hydroxylation sites is 2. The fraction of sp³-hybridized carbons (Fsp3) is 0.455. The summed E-state index contributed by atoms with van der Waals surface area (Å²) in [5.41, 5.74) is 3.16. The number of hydrogen-bond donors (Lipinski definition) is 2. The van der Waals surface area contributed by atoms with Gasteiger partial charge in [0.25, 0.3) is 0 Å². The monoisotopic (exact) mass is 450 g/mol. The number of pyridine rings is 1. The highest BCUT2D eigenvalue weighted by molar-refractivity contribution is 6.29. The summed E-state index contributed by atoms with van der Waals surface area (Å²) < 4.78 is 11.6. The Hall–Kier alpha value is -1.86. The zero-order chi connectivity index (χ0) is 19.9. The number of imidazole rings is 1. The summed E-state index contributed by atoms with van der Waals surface area (Å²) in [6.45, 7) is 3.80. The number of aromatic nitrogens is 3. The predicted octanol–water partition coefficient (Wildman–Crippen LogP) is 4.74. The van der Waals surface area contributed by atoms with Gasteiger partial charge >= 0.3 is 0 Å². The van der Waals surface area contributed by atoms with Gasteiger partial charge in [0.15, 0.2) is 0 Å². The Kier molecular flexibility index (Phi) is 8.75. The normalized spacial score (nSPS) is 17.6. The van der Waals surface area contributed by atoms with Gasteiger partial charge in [-0.1, -0.05) is 18.2 Å². The van der Waals surface area contributed by atoms with Crippen molar-refractivity contribution in [3.8, 4) is 5.88 Å². The largest absolute Gasteiger partial charge is 0.474 e. The average Bonchev–Trinajstić information content (AvgIpc) is 3.16. The molecule has 0 spiro atoms. The molecule has 0 bridgehead atoms. The number of fused-ring (bicyclic) bond motifs is 1. The molecule has 2 aliphatic rings. The van der Waals surface area contributed by atoms with Gasteiger partial charge in [0, 0.05) is 25.0 Å². The van der Waals surface area contributed by atoms with E-state index in [0.717, 1.165) is 68.9 Å². The van der Waals surface area contributed by atoms with E-state index in [1.54, 1.807) is 0 Å². The highest BCUT2D eigenvalue weighted by atomic mass is 35.5. The zero-order valence-corrected chi connectivity index (χ0v) is 18.4. The lowest BCUT2D eigenvalue weighted by molar-refractivity contribution is 0.0832. The lowest BCUT2D eigenvalue weighted by Gasteiger charge is -2.27. The highest BCUT2D eigenvalue weighted by Crippen LogP contribution is 2.33.